The van der Waals surface area contributed by atoms with Gasteiger partial charge >= 0.3 is 0 Å². The summed E-state index contributed by atoms with van der Waals surface area (Å²) in [6, 6.07) is 8.34. The SMILES string of the molecule is CC(C)[C@@H]1N(C(=O)CSc2cn[nH]n2)CCN1S(=O)(=O)c1ccccc1. The highest BCUT2D eigenvalue weighted by molar-refractivity contribution is 7.99. The number of benzene rings is 1. The van der Waals surface area contributed by atoms with Crippen LogP contribution in [0.25, 0.3) is 0 Å². The zero-order valence-electron chi connectivity index (χ0n) is 14.6. The third-order valence-electron chi connectivity index (χ3n) is 4.18. The first kappa shape index (κ1) is 18.9. The Balaban J connectivity index is 1.78. The number of hydrogen-bond acceptors (Lipinski definition) is 6. The third kappa shape index (κ3) is 3.76. The number of carbonyl (C=O) groups excluding carboxylic acids is 1. The number of nitrogens with zero attached hydrogens (tertiary/aromatic N) is 4. The molecule has 1 saturated heterocycles. The zero-order chi connectivity index (χ0) is 18.7. The quantitative estimate of drug-likeness (QED) is 0.743. The standard InChI is InChI=1S/C16H21N5O3S2/c1-12(2)16-20(15(22)11-25-14-10-17-19-18-14)8-9-21(16)26(23,24)13-6-4-3-5-7-13/h3-7,10,12,16H,8-9,11H2,1-2H3,(H,17,18,19)/t16-/m1/s1. The number of thioether (sulfide) groups is 1. The molecule has 0 unspecified atom stereocenters. The molecule has 1 fully saturated rings. The van der Waals surface area contributed by atoms with Crippen molar-refractivity contribution >= 4 is 27.7 Å². The summed E-state index contributed by atoms with van der Waals surface area (Å²) in [5.74, 6) is 0.0501. The van der Waals surface area contributed by atoms with E-state index in [9.17, 15) is 13.2 Å². The van der Waals surface area contributed by atoms with Gasteiger partial charge in [0, 0.05) is 13.1 Å². The van der Waals surface area contributed by atoms with Gasteiger partial charge in [0.2, 0.25) is 15.9 Å². The largest absolute Gasteiger partial charge is 0.324 e. The smallest absolute Gasteiger partial charge is 0.244 e. The molecule has 0 bridgehead atoms. The Morgan fingerprint density at radius 2 is 2.04 bits per heavy atom. The minimum atomic E-state index is -3.65. The molecule has 1 aromatic carbocycles. The van der Waals surface area contributed by atoms with E-state index in [1.165, 1.54) is 16.1 Å². The summed E-state index contributed by atoms with van der Waals surface area (Å²) in [5, 5.41) is 10.8. The molecule has 26 heavy (non-hydrogen) atoms. The summed E-state index contributed by atoms with van der Waals surface area (Å²) in [4.78, 5) is 14.6. The van der Waals surface area contributed by atoms with Crippen molar-refractivity contribution in [1.29, 1.82) is 0 Å². The fraction of sp³-hybridized carbons (Fsp3) is 0.438. The van der Waals surface area contributed by atoms with Crippen molar-refractivity contribution in [3.05, 3.63) is 36.5 Å². The molecule has 1 atom stereocenters. The van der Waals surface area contributed by atoms with Crippen LogP contribution in [-0.2, 0) is 14.8 Å². The van der Waals surface area contributed by atoms with Crippen LogP contribution in [-0.4, -0.2) is 63.9 Å². The Hall–Kier alpha value is -1.91. The van der Waals surface area contributed by atoms with Crippen molar-refractivity contribution in [1.82, 2.24) is 24.6 Å². The second-order valence-corrected chi connectivity index (χ2v) is 9.16. The first-order valence-corrected chi connectivity index (χ1v) is 10.7. The lowest BCUT2D eigenvalue weighted by Gasteiger charge is -2.32. The Morgan fingerprint density at radius 1 is 1.31 bits per heavy atom. The average molecular weight is 396 g/mol. The Bertz CT molecular complexity index is 840. The molecular formula is C16H21N5O3S2. The molecule has 0 radical (unpaired) electrons. The second-order valence-electron chi connectivity index (χ2n) is 6.27. The van der Waals surface area contributed by atoms with Crippen LogP contribution in [0.2, 0.25) is 0 Å². The molecule has 8 nitrogen and oxygen atoms in total. The molecule has 0 spiro atoms. The molecule has 1 amide bonds. The van der Waals surface area contributed by atoms with Crippen molar-refractivity contribution < 1.29 is 13.2 Å². The van der Waals surface area contributed by atoms with Crippen molar-refractivity contribution in [3.8, 4) is 0 Å². The van der Waals surface area contributed by atoms with Crippen molar-refractivity contribution in [3.63, 3.8) is 0 Å². The zero-order valence-corrected chi connectivity index (χ0v) is 16.2. The van der Waals surface area contributed by atoms with Gasteiger partial charge in [-0.05, 0) is 18.1 Å². The van der Waals surface area contributed by atoms with Gasteiger partial charge in [0.05, 0.1) is 16.8 Å². The molecule has 1 aliphatic heterocycles. The molecule has 1 aromatic heterocycles. The third-order valence-corrected chi connectivity index (χ3v) is 6.95. The molecule has 1 N–H and O–H groups in total. The highest BCUT2D eigenvalue weighted by Gasteiger charge is 2.43. The van der Waals surface area contributed by atoms with Crippen molar-refractivity contribution in [2.45, 2.75) is 29.9 Å². The Morgan fingerprint density at radius 3 is 2.65 bits per heavy atom. The van der Waals surface area contributed by atoms with Crippen LogP contribution in [0.15, 0.2) is 46.5 Å². The van der Waals surface area contributed by atoms with E-state index in [2.05, 4.69) is 15.4 Å². The van der Waals surface area contributed by atoms with Gasteiger partial charge < -0.3 is 4.90 Å². The normalized spacial score (nSPS) is 18.6. The van der Waals surface area contributed by atoms with Gasteiger partial charge in [0.15, 0.2) is 0 Å². The van der Waals surface area contributed by atoms with Crippen LogP contribution in [0.5, 0.6) is 0 Å². The monoisotopic (exact) mass is 395 g/mol. The van der Waals surface area contributed by atoms with E-state index in [-0.39, 0.29) is 22.5 Å². The number of aromatic nitrogens is 3. The number of hydrogen-bond donors (Lipinski definition) is 1. The maximum absolute atomic E-state index is 13.0. The number of rotatable bonds is 6. The van der Waals surface area contributed by atoms with E-state index in [0.717, 1.165) is 0 Å². The van der Waals surface area contributed by atoms with Crippen LogP contribution in [0.1, 0.15) is 13.8 Å². The first-order valence-electron chi connectivity index (χ1n) is 8.26. The van der Waals surface area contributed by atoms with Crippen LogP contribution in [0.3, 0.4) is 0 Å². The fourth-order valence-electron chi connectivity index (χ4n) is 3.06. The predicted octanol–water partition coefficient (Wildman–Crippen LogP) is 1.41. The Labute approximate surface area is 157 Å². The highest BCUT2D eigenvalue weighted by Crippen LogP contribution is 2.29. The highest BCUT2D eigenvalue weighted by atomic mass is 32.2. The van der Waals surface area contributed by atoms with E-state index in [4.69, 9.17) is 0 Å². The molecule has 0 saturated carbocycles. The van der Waals surface area contributed by atoms with Gasteiger partial charge in [-0.2, -0.15) is 14.6 Å². The van der Waals surface area contributed by atoms with Crippen molar-refractivity contribution in [2.24, 2.45) is 5.92 Å². The molecular weight excluding hydrogens is 374 g/mol. The minimum absolute atomic E-state index is 0.0306. The summed E-state index contributed by atoms with van der Waals surface area (Å²) < 4.78 is 27.5. The van der Waals surface area contributed by atoms with Crippen LogP contribution in [0.4, 0.5) is 0 Å². The number of H-pyrrole nitrogens is 1. The summed E-state index contributed by atoms with van der Waals surface area (Å²) in [7, 11) is -3.65. The van der Waals surface area contributed by atoms with Crippen molar-refractivity contribution in [2.75, 3.05) is 18.8 Å². The predicted molar refractivity (Wildman–Crippen MR) is 97.8 cm³/mol. The van der Waals surface area contributed by atoms with E-state index < -0.39 is 16.2 Å². The average Bonchev–Trinajstić information content (AvgIpc) is 3.30. The Kier molecular flexibility index (Phi) is 5.64. The van der Waals surface area contributed by atoms with Gasteiger partial charge in [0.1, 0.15) is 11.2 Å². The molecule has 2 heterocycles. The maximum atomic E-state index is 13.0. The van der Waals surface area contributed by atoms with Gasteiger partial charge in [-0.25, -0.2) is 8.42 Å². The van der Waals surface area contributed by atoms with Gasteiger partial charge in [-0.3, -0.25) is 4.79 Å². The van der Waals surface area contributed by atoms with Crippen LogP contribution in [0, 0.1) is 5.92 Å². The summed E-state index contributed by atoms with van der Waals surface area (Å²) in [6.45, 7) is 4.52. The minimum Gasteiger partial charge on any atom is -0.324 e. The summed E-state index contributed by atoms with van der Waals surface area (Å²) in [5.41, 5.74) is 0. The number of carbonyl (C=O) groups is 1. The van der Waals surface area contributed by atoms with E-state index in [0.29, 0.717) is 18.1 Å². The van der Waals surface area contributed by atoms with E-state index >= 15 is 0 Å². The molecule has 2 aromatic rings. The molecule has 10 heteroatoms. The fourth-order valence-corrected chi connectivity index (χ4v) is 5.47. The van der Waals surface area contributed by atoms with Gasteiger partial charge in [0.25, 0.3) is 0 Å². The lowest BCUT2D eigenvalue weighted by molar-refractivity contribution is -0.130. The van der Waals surface area contributed by atoms with Crippen LogP contribution >= 0.6 is 11.8 Å². The molecule has 1 aliphatic rings. The molecule has 3 rings (SSSR count). The van der Waals surface area contributed by atoms with E-state index in [1.807, 2.05) is 13.8 Å². The van der Waals surface area contributed by atoms with Gasteiger partial charge in [-0.1, -0.05) is 43.8 Å². The number of amides is 1. The van der Waals surface area contributed by atoms with E-state index in [1.54, 1.807) is 41.4 Å². The number of sulfonamides is 1. The first-order chi connectivity index (χ1) is 12.4. The van der Waals surface area contributed by atoms with Crippen LogP contribution < -0.4 is 0 Å². The molecule has 0 aliphatic carbocycles. The number of nitrogens with one attached hydrogen (secondary N) is 1. The second kappa shape index (κ2) is 7.77. The maximum Gasteiger partial charge on any atom is 0.244 e. The topological polar surface area (TPSA) is 99.3 Å². The lowest BCUT2D eigenvalue weighted by Crippen LogP contribution is -2.48. The summed E-state index contributed by atoms with van der Waals surface area (Å²) >= 11 is 1.28. The van der Waals surface area contributed by atoms with Gasteiger partial charge in [-0.15, -0.1) is 5.10 Å². The molecule has 140 valence electrons. The lowest BCUT2D eigenvalue weighted by atomic mass is 10.1. The summed E-state index contributed by atoms with van der Waals surface area (Å²) in [6.07, 6.45) is 1.05. The number of aromatic amines is 1.